The quantitative estimate of drug-likeness (QED) is 0.481. The molecule has 2 aromatic heterocycles. The van der Waals surface area contributed by atoms with Crippen LogP contribution in [0.25, 0.3) is 33.1 Å². The average Bonchev–Trinajstić information content (AvgIpc) is 3.25. The summed E-state index contributed by atoms with van der Waals surface area (Å²) in [5.41, 5.74) is 7.14. The molecule has 0 aliphatic carbocycles. The van der Waals surface area contributed by atoms with Gasteiger partial charge >= 0.3 is 0 Å². The minimum absolute atomic E-state index is 0.214. The Kier molecular flexibility index (Phi) is 5.25. The predicted molar refractivity (Wildman–Crippen MR) is 140 cm³/mol. The van der Waals surface area contributed by atoms with E-state index in [4.69, 9.17) is 0 Å². The number of hydrogen-bond donors (Lipinski definition) is 1. The first-order valence-corrected chi connectivity index (χ1v) is 12.0. The Morgan fingerprint density at radius 1 is 1.06 bits per heavy atom. The average molecular weight is 465 g/mol. The van der Waals surface area contributed by atoms with Crippen molar-refractivity contribution < 1.29 is 4.79 Å². The van der Waals surface area contributed by atoms with Crippen LogP contribution >= 0.6 is 0 Å². The molecule has 0 bridgehead atoms. The normalized spacial score (nSPS) is 18.4. The molecule has 1 N–H and O–H groups in total. The van der Waals surface area contributed by atoms with Crippen LogP contribution in [0, 0.1) is 0 Å². The lowest BCUT2D eigenvalue weighted by molar-refractivity contribution is -0.133. The van der Waals surface area contributed by atoms with Crippen molar-refractivity contribution in [2.75, 3.05) is 25.5 Å². The molecule has 7 heteroatoms. The first kappa shape index (κ1) is 21.4. The van der Waals surface area contributed by atoms with E-state index in [0.717, 1.165) is 53.1 Å². The number of carbonyl (C=O) groups is 1. The molecule has 2 aromatic carbocycles. The van der Waals surface area contributed by atoms with Gasteiger partial charge in [-0.1, -0.05) is 12.1 Å². The first-order chi connectivity index (χ1) is 17.0. The molecule has 1 atom stereocenters. The summed E-state index contributed by atoms with van der Waals surface area (Å²) in [5.74, 6) is 0.214. The standard InChI is InChI=1S/C28H28N6O/c1-32-12-7-19-5-6-20(14-26(19)32)24-15-22(16-25-28(24)30-10-9-29-25)31-21-4-3-11-34(18-21)23-8-13-33(2)27(35)17-23/h3-7,9-12,14-16,23,31H,8,13,17-18H2,1-2H3. The molecule has 1 unspecified atom stereocenters. The van der Waals surface area contributed by atoms with Gasteiger partial charge in [0.15, 0.2) is 0 Å². The summed E-state index contributed by atoms with van der Waals surface area (Å²) in [6.45, 7) is 1.54. The van der Waals surface area contributed by atoms with Crippen molar-refractivity contribution in [1.29, 1.82) is 0 Å². The van der Waals surface area contributed by atoms with Crippen molar-refractivity contribution >= 4 is 33.5 Å². The zero-order valence-corrected chi connectivity index (χ0v) is 20.0. The number of allylic oxidation sites excluding steroid dienone is 2. The maximum atomic E-state index is 12.2. The van der Waals surface area contributed by atoms with Gasteiger partial charge in [0.25, 0.3) is 0 Å². The van der Waals surface area contributed by atoms with Crippen molar-refractivity contribution in [2.24, 2.45) is 7.05 Å². The van der Waals surface area contributed by atoms with Crippen LogP contribution in [0.5, 0.6) is 0 Å². The van der Waals surface area contributed by atoms with Crippen molar-refractivity contribution in [3.8, 4) is 11.1 Å². The highest BCUT2D eigenvalue weighted by atomic mass is 16.2. The van der Waals surface area contributed by atoms with E-state index in [0.29, 0.717) is 6.42 Å². The van der Waals surface area contributed by atoms with E-state index in [1.807, 2.05) is 11.9 Å². The molecule has 2 aliphatic heterocycles. The lowest BCUT2D eigenvalue weighted by atomic mass is 10.0. The van der Waals surface area contributed by atoms with Crippen LogP contribution in [0.15, 0.2) is 79.0 Å². The minimum atomic E-state index is 0.214. The summed E-state index contributed by atoms with van der Waals surface area (Å²) in [5, 5.41) is 4.83. The number of nitrogens with zero attached hydrogens (tertiary/aromatic N) is 5. The summed E-state index contributed by atoms with van der Waals surface area (Å²) in [6.07, 6.45) is 13.4. The fourth-order valence-corrected chi connectivity index (χ4v) is 5.10. The molecule has 2 aliphatic rings. The molecule has 1 amide bonds. The van der Waals surface area contributed by atoms with Gasteiger partial charge in [-0.3, -0.25) is 14.8 Å². The Bertz CT molecular complexity index is 1500. The number of benzene rings is 2. The van der Waals surface area contributed by atoms with Crippen LogP contribution < -0.4 is 5.32 Å². The van der Waals surface area contributed by atoms with Crippen molar-refractivity contribution in [1.82, 2.24) is 24.3 Å². The minimum Gasteiger partial charge on any atom is -0.368 e. The van der Waals surface area contributed by atoms with Gasteiger partial charge in [-0.15, -0.1) is 0 Å². The second-order valence-electron chi connectivity index (χ2n) is 9.44. The fraction of sp³-hybridized carbons (Fsp3) is 0.250. The van der Waals surface area contributed by atoms with Gasteiger partial charge in [-0.25, -0.2) is 0 Å². The summed E-state index contributed by atoms with van der Waals surface area (Å²) >= 11 is 0. The van der Waals surface area contributed by atoms with Gasteiger partial charge in [0, 0.05) is 74.2 Å². The predicted octanol–water partition coefficient (Wildman–Crippen LogP) is 4.53. The molecule has 0 spiro atoms. The number of hydrogen-bond acceptors (Lipinski definition) is 5. The lowest BCUT2D eigenvalue weighted by Gasteiger charge is -2.37. The molecular formula is C28H28N6O. The number of rotatable bonds is 4. The van der Waals surface area contributed by atoms with Gasteiger partial charge in [0.2, 0.25) is 5.91 Å². The van der Waals surface area contributed by atoms with E-state index in [2.05, 4.69) is 92.7 Å². The van der Waals surface area contributed by atoms with Crippen molar-refractivity contribution in [2.45, 2.75) is 18.9 Å². The Balaban J connectivity index is 1.31. The monoisotopic (exact) mass is 464 g/mol. The molecule has 1 saturated heterocycles. The molecule has 0 saturated carbocycles. The lowest BCUT2D eigenvalue weighted by Crippen LogP contribution is -2.45. The second-order valence-corrected chi connectivity index (χ2v) is 9.44. The smallest absolute Gasteiger partial charge is 0.224 e. The Hall–Kier alpha value is -4.13. The Morgan fingerprint density at radius 3 is 2.83 bits per heavy atom. The third-order valence-corrected chi connectivity index (χ3v) is 7.11. The van der Waals surface area contributed by atoms with Gasteiger partial charge < -0.3 is 19.7 Å². The molecule has 4 heterocycles. The highest BCUT2D eigenvalue weighted by Gasteiger charge is 2.27. The maximum Gasteiger partial charge on any atom is 0.224 e. The zero-order chi connectivity index (χ0) is 23.9. The number of likely N-dealkylation sites (tertiary alicyclic amines) is 1. The number of anilines is 1. The molecule has 6 rings (SSSR count). The fourth-order valence-electron chi connectivity index (χ4n) is 5.10. The van der Waals surface area contributed by atoms with Gasteiger partial charge in [0.05, 0.1) is 17.6 Å². The molecule has 4 aromatic rings. The van der Waals surface area contributed by atoms with Crippen LogP contribution in [0.4, 0.5) is 5.69 Å². The second kappa shape index (κ2) is 8.58. The van der Waals surface area contributed by atoms with Gasteiger partial charge in [-0.2, -0.15) is 0 Å². The van der Waals surface area contributed by atoms with Gasteiger partial charge in [0.1, 0.15) is 0 Å². The number of aromatic nitrogens is 3. The third-order valence-electron chi connectivity index (χ3n) is 7.11. The van der Waals surface area contributed by atoms with Crippen LogP contribution in [0.1, 0.15) is 12.8 Å². The summed E-state index contributed by atoms with van der Waals surface area (Å²) < 4.78 is 2.14. The van der Waals surface area contributed by atoms with Crippen LogP contribution in [-0.2, 0) is 11.8 Å². The van der Waals surface area contributed by atoms with Crippen LogP contribution in [0.3, 0.4) is 0 Å². The molecule has 35 heavy (non-hydrogen) atoms. The van der Waals surface area contributed by atoms with Crippen molar-refractivity contribution in [3.63, 3.8) is 0 Å². The van der Waals surface area contributed by atoms with E-state index >= 15 is 0 Å². The molecule has 176 valence electrons. The number of piperidine rings is 1. The molecule has 0 radical (unpaired) electrons. The molecule has 7 nitrogen and oxygen atoms in total. The molecular weight excluding hydrogens is 436 g/mol. The zero-order valence-electron chi connectivity index (χ0n) is 20.0. The first-order valence-electron chi connectivity index (χ1n) is 12.0. The highest BCUT2D eigenvalue weighted by Crippen LogP contribution is 2.33. The SMILES string of the molecule is CN1CCC(N2C=CC=C(Nc3cc(-c4ccc5ccn(C)c5c4)c4nccnc4c3)C2)CC1=O. The summed E-state index contributed by atoms with van der Waals surface area (Å²) in [7, 11) is 3.95. The van der Waals surface area contributed by atoms with Crippen molar-refractivity contribution in [3.05, 3.63) is 79.0 Å². The van der Waals surface area contributed by atoms with Crippen LogP contribution in [0.2, 0.25) is 0 Å². The summed E-state index contributed by atoms with van der Waals surface area (Å²) in [4.78, 5) is 25.6. The maximum absolute atomic E-state index is 12.2. The van der Waals surface area contributed by atoms with Crippen LogP contribution in [-0.4, -0.2) is 56.4 Å². The Morgan fingerprint density at radius 2 is 1.94 bits per heavy atom. The Labute approximate surface area is 204 Å². The number of nitrogens with one attached hydrogen (secondary N) is 1. The van der Waals surface area contributed by atoms with Gasteiger partial charge in [-0.05, 0) is 60.0 Å². The summed E-state index contributed by atoms with van der Waals surface area (Å²) in [6, 6.07) is 13.1. The molecule has 1 fully saturated rings. The van der Waals surface area contributed by atoms with E-state index in [1.165, 1.54) is 10.9 Å². The van der Waals surface area contributed by atoms with E-state index < -0.39 is 0 Å². The van der Waals surface area contributed by atoms with E-state index in [-0.39, 0.29) is 11.9 Å². The topological polar surface area (TPSA) is 66.3 Å². The highest BCUT2D eigenvalue weighted by molar-refractivity contribution is 5.97. The number of aryl methyl sites for hydroxylation is 1. The third kappa shape index (κ3) is 4.03. The number of carbonyl (C=O) groups excluding carboxylic acids is 1. The van der Waals surface area contributed by atoms with E-state index in [1.54, 1.807) is 12.4 Å². The largest absolute Gasteiger partial charge is 0.368 e. The van der Waals surface area contributed by atoms with E-state index in [9.17, 15) is 4.79 Å². The number of fused-ring (bicyclic) bond motifs is 2. The number of amides is 1.